The van der Waals surface area contributed by atoms with Gasteiger partial charge in [-0.25, -0.2) is 9.59 Å². The molecule has 1 aromatic carbocycles. The number of esters is 4. The molecule has 5 fully saturated rings. The summed E-state index contributed by atoms with van der Waals surface area (Å²) in [5.41, 5.74) is 14.5. The summed E-state index contributed by atoms with van der Waals surface area (Å²) < 4.78 is 59.1. The fourth-order valence-corrected chi connectivity index (χ4v) is 10.8. The van der Waals surface area contributed by atoms with Crippen molar-refractivity contribution in [2.75, 3.05) is 33.0 Å². The number of hydrogen-bond acceptors (Lipinski definition) is 27. The van der Waals surface area contributed by atoms with E-state index in [-0.39, 0.29) is 115 Å². The van der Waals surface area contributed by atoms with E-state index in [1.54, 1.807) is 12.1 Å². The Hall–Kier alpha value is -7.49. The highest BCUT2D eigenvalue weighted by atomic mass is 35.5. The first-order chi connectivity index (χ1) is 46.6. The van der Waals surface area contributed by atoms with Gasteiger partial charge in [0.05, 0.1) is 109 Å². The Bertz CT molecular complexity index is 3050. The van der Waals surface area contributed by atoms with Crippen molar-refractivity contribution in [3.63, 3.8) is 0 Å². The summed E-state index contributed by atoms with van der Waals surface area (Å²) in [6.07, 6.45) is 14.2. The Morgan fingerprint density at radius 1 is 0.530 bits per heavy atom. The SMILES string of the molecule is CC(C)(C)OC(=O)C[C@@H]1CC[C@@H](CC(=O)NNC=O)OC1.CC(C)(C)OC(=O)C[C@@H]1CC[C@@H](CC(=O)On2nnc3ccccc32)OC1.CC(C)(C)OC(=O)C[C@@H]1CC[C@@H](Cc2ncno2)OC1.CC(C)(C)OC(=O)C[C@@H]1CC[C@@H](NC(N)=O)OC1.Cl.N[C@@H]1CC[C@@H](Cc2ncno2)OC1. The molecule has 5 aliphatic rings. The van der Waals surface area contributed by atoms with Crippen molar-refractivity contribution < 1.29 is 94.9 Å². The maximum absolute atomic E-state index is 12.2. The lowest BCUT2D eigenvalue weighted by Gasteiger charge is -2.29. The van der Waals surface area contributed by atoms with Gasteiger partial charge < -0.3 is 73.3 Å². The van der Waals surface area contributed by atoms with E-state index in [2.05, 4.69) is 46.8 Å². The minimum absolute atomic E-state index is 0. The zero-order valence-electron chi connectivity index (χ0n) is 59.9. The standard InChI is InChI=1S/C19H25N3O5.C14H24N2O5.C14H22N2O4.C12H22N2O4.C8H13N3O2.ClH/c1-19(2,3)26-17(23)10-13-8-9-14(25-12-13)11-18(24)27-22-16-7-5-4-6-15(16)20-21-22;1-14(2,3)21-13(19)6-10-4-5-11(20-8-10)7-12(18)16-15-9-17;1-14(2,3)19-13(17)6-10-4-5-11(18-8-10)7-12-15-9-16-20-12;1-12(2,3)18-10(15)6-8-4-5-9(17-7-8)14-11(13)16;9-6-1-2-7(12-4-6)3-8-10-5-11-13-8;/h4-7,13-14H,8-12H2,1-3H3;9-11H,4-8H2,1-3H3,(H,15,17)(H,16,18);9-11H,4-8H2,1-3H3;8-9H,4-7H2,1-3H3,(H3,13,14,16);5-7H,1-4,9H2;1H/t13-,14-;2*10-,11-;8-,9-;6-,7+;/m00001./s1. The van der Waals surface area contributed by atoms with Gasteiger partial charge in [-0.3, -0.25) is 39.6 Å². The number of nitrogens with one attached hydrogen (secondary N) is 3. The van der Waals surface area contributed by atoms with Gasteiger partial charge in [-0.2, -0.15) is 9.97 Å². The second-order valence-electron chi connectivity index (χ2n) is 29.1. The Labute approximate surface area is 590 Å². The van der Waals surface area contributed by atoms with Gasteiger partial charge in [-0.1, -0.05) is 27.3 Å². The Kier molecular flexibility index (Phi) is 35.7. The average Bonchev–Trinajstić information content (AvgIpc) is 1.68. The first kappa shape index (κ1) is 84.9. The molecule has 0 radical (unpaired) electrons. The molecule has 0 unspecified atom stereocenters. The zero-order valence-corrected chi connectivity index (χ0v) is 60.8. The number of hydrazine groups is 1. The van der Waals surface area contributed by atoms with Gasteiger partial charge in [-0.15, -0.1) is 17.5 Å². The quantitative estimate of drug-likeness (QED) is 0.0199. The van der Waals surface area contributed by atoms with Gasteiger partial charge in [-0.05, 0) is 188 Å². The Balaban J connectivity index is 0.000000269. The molecule has 5 aliphatic heterocycles. The third-order valence-corrected chi connectivity index (χ3v) is 15.2. The van der Waals surface area contributed by atoms with E-state index in [1.165, 1.54) is 12.7 Å². The minimum Gasteiger partial charge on any atom is -0.460 e. The average molecular weight is 1440 g/mol. The molecule has 33 heteroatoms. The van der Waals surface area contributed by atoms with Crippen LogP contribution in [0.2, 0.25) is 0 Å². The molecule has 10 atom stereocenters. The highest BCUT2D eigenvalue weighted by Gasteiger charge is 2.32. The largest absolute Gasteiger partial charge is 0.460 e. The maximum atomic E-state index is 12.2. The van der Waals surface area contributed by atoms with Crippen LogP contribution in [0.5, 0.6) is 0 Å². The number of fused-ring (bicyclic) bond motifs is 1. The van der Waals surface area contributed by atoms with Gasteiger partial charge in [0.2, 0.25) is 24.1 Å². The van der Waals surface area contributed by atoms with Crippen molar-refractivity contribution in [2.24, 2.45) is 35.1 Å². The number of nitrogens with two attached hydrogens (primary N) is 2. The summed E-state index contributed by atoms with van der Waals surface area (Å²) in [5, 5.41) is 17.4. The monoisotopic (exact) mass is 1430 g/mol. The molecule has 562 valence electrons. The minimum atomic E-state index is -0.592. The number of rotatable bonds is 20. The number of carbonyl (C=O) groups excluding carboxylic acids is 8. The molecule has 7 N–H and O–H groups in total. The smallest absolute Gasteiger partial charge is 0.337 e. The van der Waals surface area contributed by atoms with Crippen LogP contribution in [0.15, 0.2) is 46.0 Å². The highest BCUT2D eigenvalue weighted by molar-refractivity contribution is 5.85. The number of halogens is 1. The molecule has 4 amide bonds. The van der Waals surface area contributed by atoms with Crippen molar-refractivity contribution >= 4 is 71.6 Å². The summed E-state index contributed by atoms with van der Waals surface area (Å²) in [5.74, 6) is 0.349. The molecule has 100 heavy (non-hydrogen) atoms. The number of carbonyl (C=O) groups is 8. The number of nitrogens with zero attached hydrogens (tertiary/aromatic N) is 7. The molecule has 9 rings (SSSR count). The van der Waals surface area contributed by atoms with Crippen molar-refractivity contribution in [3.05, 3.63) is 48.7 Å². The maximum Gasteiger partial charge on any atom is 0.337 e. The van der Waals surface area contributed by atoms with Crippen LogP contribution in [0.4, 0.5) is 4.79 Å². The van der Waals surface area contributed by atoms with E-state index in [0.29, 0.717) is 120 Å². The first-order valence-electron chi connectivity index (χ1n) is 33.9. The van der Waals surface area contributed by atoms with Crippen molar-refractivity contribution in [2.45, 2.75) is 258 Å². The molecule has 32 nitrogen and oxygen atoms in total. The summed E-state index contributed by atoms with van der Waals surface area (Å²) in [6, 6.07) is 6.84. The van der Waals surface area contributed by atoms with Crippen LogP contribution in [-0.2, 0) is 89.0 Å². The number of ether oxygens (including phenoxy) is 9. The van der Waals surface area contributed by atoms with Crippen molar-refractivity contribution in [1.29, 1.82) is 0 Å². The number of primary amides is 1. The second kappa shape index (κ2) is 42.1. The molecule has 0 bridgehead atoms. The lowest BCUT2D eigenvalue weighted by Crippen LogP contribution is -2.43. The van der Waals surface area contributed by atoms with E-state index in [0.717, 1.165) is 49.8 Å². The van der Waals surface area contributed by atoms with Gasteiger partial charge in [0.25, 0.3) is 0 Å². The van der Waals surface area contributed by atoms with Gasteiger partial charge in [0, 0.05) is 6.04 Å². The second-order valence-corrected chi connectivity index (χ2v) is 29.1. The fourth-order valence-electron chi connectivity index (χ4n) is 10.8. The molecule has 4 aromatic rings. The summed E-state index contributed by atoms with van der Waals surface area (Å²) in [6.45, 7) is 24.8. The van der Waals surface area contributed by atoms with Crippen molar-refractivity contribution in [1.82, 2.24) is 51.6 Å². The van der Waals surface area contributed by atoms with Crippen LogP contribution < -0.4 is 32.5 Å². The molecule has 0 spiro atoms. The number of para-hydroxylation sites is 1. The molecule has 5 saturated heterocycles. The number of hydrogen-bond donors (Lipinski definition) is 5. The zero-order chi connectivity index (χ0) is 72.8. The predicted octanol–water partition coefficient (Wildman–Crippen LogP) is 6.80. The summed E-state index contributed by atoms with van der Waals surface area (Å²) >= 11 is 0. The number of benzene rings is 1. The lowest BCUT2D eigenvalue weighted by atomic mass is 9.94. The number of urea groups is 1. The lowest BCUT2D eigenvalue weighted by molar-refractivity contribution is -0.159. The van der Waals surface area contributed by atoms with Gasteiger partial charge >= 0.3 is 35.9 Å². The molecule has 0 aliphatic carbocycles. The summed E-state index contributed by atoms with van der Waals surface area (Å²) in [7, 11) is 0. The Morgan fingerprint density at radius 2 is 0.940 bits per heavy atom. The van der Waals surface area contributed by atoms with Crippen LogP contribution in [0.25, 0.3) is 11.0 Å². The molecule has 3 aromatic heterocycles. The topological polar surface area (TPSA) is 426 Å². The van der Waals surface area contributed by atoms with Crippen molar-refractivity contribution in [3.8, 4) is 0 Å². The van der Waals surface area contributed by atoms with E-state index in [1.807, 2.05) is 95.2 Å². The van der Waals surface area contributed by atoms with Gasteiger partial charge in [0.15, 0.2) is 12.7 Å². The first-order valence-corrected chi connectivity index (χ1v) is 33.9. The van der Waals surface area contributed by atoms with E-state index in [9.17, 15) is 38.4 Å². The van der Waals surface area contributed by atoms with Gasteiger partial charge in [0.1, 0.15) is 39.7 Å². The van der Waals surface area contributed by atoms with Crippen LogP contribution in [0.3, 0.4) is 0 Å². The third kappa shape index (κ3) is 36.7. The van der Waals surface area contributed by atoms with Crippen LogP contribution in [0, 0.1) is 23.7 Å². The van der Waals surface area contributed by atoms with Crippen LogP contribution in [-0.4, -0.2) is 176 Å². The molecule has 0 saturated carbocycles. The number of amides is 4. The van der Waals surface area contributed by atoms with Crippen LogP contribution >= 0.6 is 12.4 Å². The van der Waals surface area contributed by atoms with E-state index < -0.39 is 34.4 Å². The Morgan fingerprint density at radius 3 is 1.31 bits per heavy atom. The van der Waals surface area contributed by atoms with E-state index >= 15 is 0 Å². The normalized spacial score (nSPS) is 23.1. The number of aromatic nitrogens is 7. The fraction of sp³-hybridized carbons (Fsp3) is 0.731. The summed E-state index contributed by atoms with van der Waals surface area (Å²) in [4.78, 5) is 106. The molecular weight excluding hydrogens is 1330 g/mol. The third-order valence-electron chi connectivity index (χ3n) is 15.2. The molecular formula is C67H107ClN12O20. The predicted molar refractivity (Wildman–Crippen MR) is 360 cm³/mol. The van der Waals surface area contributed by atoms with E-state index in [4.69, 9.17) is 68.0 Å². The highest BCUT2D eigenvalue weighted by Crippen LogP contribution is 2.29. The van der Waals surface area contributed by atoms with Crippen LogP contribution in [0.1, 0.15) is 198 Å². The molecule has 8 heterocycles.